The SMILES string of the molecule is CCCCCCn1cnc2c(sc3nccc(CC)c32)c1=O. The van der Waals surface area contributed by atoms with Crippen molar-refractivity contribution >= 4 is 31.8 Å². The van der Waals surface area contributed by atoms with Gasteiger partial charge in [-0.1, -0.05) is 33.1 Å². The second kappa shape index (κ2) is 6.57. The third-order valence-corrected chi connectivity index (χ3v) is 5.14. The van der Waals surface area contributed by atoms with Gasteiger partial charge < -0.3 is 0 Å². The van der Waals surface area contributed by atoms with E-state index >= 15 is 0 Å². The first kappa shape index (κ1) is 15.2. The molecule has 3 rings (SSSR count). The number of hydrogen-bond acceptors (Lipinski definition) is 4. The van der Waals surface area contributed by atoms with Crippen LogP contribution in [0.4, 0.5) is 0 Å². The molecule has 3 aromatic heterocycles. The van der Waals surface area contributed by atoms with E-state index in [0.29, 0.717) is 0 Å². The summed E-state index contributed by atoms with van der Waals surface area (Å²) < 4.78 is 2.49. The topological polar surface area (TPSA) is 47.8 Å². The minimum atomic E-state index is 0.0755. The number of aryl methyl sites for hydroxylation is 2. The van der Waals surface area contributed by atoms with Crippen LogP contribution in [-0.4, -0.2) is 14.5 Å². The molecule has 3 heterocycles. The molecule has 0 saturated heterocycles. The zero-order valence-corrected chi connectivity index (χ0v) is 13.9. The molecule has 5 heteroatoms. The molecule has 0 fully saturated rings. The summed E-state index contributed by atoms with van der Waals surface area (Å²) in [6.07, 6.45) is 9.06. The zero-order chi connectivity index (χ0) is 15.5. The average molecular weight is 315 g/mol. The second-order valence-corrected chi connectivity index (χ2v) is 6.59. The van der Waals surface area contributed by atoms with Crippen LogP contribution < -0.4 is 5.56 Å². The number of fused-ring (bicyclic) bond motifs is 3. The Morgan fingerprint density at radius 1 is 1.18 bits per heavy atom. The quantitative estimate of drug-likeness (QED) is 0.642. The molecule has 3 aromatic rings. The van der Waals surface area contributed by atoms with Crippen LogP contribution in [0.3, 0.4) is 0 Å². The van der Waals surface area contributed by atoms with Crippen LogP contribution in [0.15, 0.2) is 23.4 Å². The minimum absolute atomic E-state index is 0.0755. The van der Waals surface area contributed by atoms with E-state index in [-0.39, 0.29) is 5.56 Å². The fourth-order valence-electron chi connectivity index (χ4n) is 2.81. The summed E-state index contributed by atoms with van der Waals surface area (Å²) in [4.78, 5) is 22.6. The standard InChI is InChI=1S/C17H21N3OS/c1-3-5-6-7-10-20-11-19-14-13-12(4-2)8-9-18-16(13)22-15(14)17(20)21/h8-9,11H,3-7,10H2,1-2H3. The van der Waals surface area contributed by atoms with Crippen molar-refractivity contribution in [3.63, 3.8) is 0 Å². The molecule has 116 valence electrons. The Morgan fingerprint density at radius 2 is 2.05 bits per heavy atom. The highest BCUT2D eigenvalue weighted by Gasteiger charge is 2.14. The summed E-state index contributed by atoms with van der Waals surface area (Å²) in [5.74, 6) is 0. The summed E-state index contributed by atoms with van der Waals surface area (Å²) >= 11 is 1.47. The summed E-state index contributed by atoms with van der Waals surface area (Å²) in [5.41, 5.74) is 2.11. The first-order valence-electron chi connectivity index (χ1n) is 8.01. The van der Waals surface area contributed by atoms with Gasteiger partial charge in [0.05, 0.1) is 11.8 Å². The van der Waals surface area contributed by atoms with Crippen LogP contribution in [0.1, 0.15) is 45.1 Å². The lowest BCUT2D eigenvalue weighted by molar-refractivity contribution is 0.568. The third-order valence-electron chi connectivity index (χ3n) is 4.07. The van der Waals surface area contributed by atoms with Gasteiger partial charge in [-0.25, -0.2) is 9.97 Å². The normalized spacial score (nSPS) is 11.5. The van der Waals surface area contributed by atoms with Crippen molar-refractivity contribution in [2.75, 3.05) is 0 Å². The largest absolute Gasteiger partial charge is 0.298 e. The molecule has 0 unspecified atom stereocenters. The minimum Gasteiger partial charge on any atom is -0.298 e. The molecule has 0 aliphatic heterocycles. The number of thiophene rings is 1. The number of aromatic nitrogens is 3. The van der Waals surface area contributed by atoms with E-state index in [1.807, 2.05) is 12.3 Å². The van der Waals surface area contributed by atoms with Gasteiger partial charge in [-0.3, -0.25) is 9.36 Å². The summed E-state index contributed by atoms with van der Waals surface area (Å²) in [6.45, 7) is 5.06. The van der Waals surface area contributed by atoms with Crippen molar-refractivity contribution in [1.29, 1.82) is 0 Å². The number of pyridine rings is 1. The fourth-order valence-corrected chi connectivity index (χ4v) is 3.90. The summed E-state index contributed by atoms with van der Waals surface area (Å²) in [7, 11) is 0. The molecule has 0 atom stereocenters. The van der Waals surface area contributed by atoms with Gasteiger partial charge in [0.1, 0.15) is 9.53 Å². The Hall–Kier alpha value is -1.75. The third kappa shape index (κ3) is 2.65. The molecule has 0 amide bonds. The number of unbranched alkanes of at least 4 members (excludes halogenated alkanes) is 3. The Morgan fingerprint density at radius 3 is 2.82 bits per heavy atom. The van der Waals surface area contributed by atoms with Gasteiger partial charge in [0.2, 0.25) is 0 Å². The molecule has 0 saturated carbocycles. The van der Waals surface area contributed by atoms with Crippen molar-refractivity contribution in [1.82, 2.24) is 14.5 Å². The van der Waals surface area contributed by atoms with Crippen LogP contribution in [0, 0.1) is 0 Å². The van der Waals surface area contributed by atoms with Gasteiger partial charge in [-0.15, -0.1) is 11.3 Å². The van der Waals surface area contributed by atoms with Crippen LogP contribution >= 0.6 is 11.3 Å². The molecule has 22 heavy (non-hydrogen) atoms. The number of hydrogen-bond donors (Lipinski definition) is 0. The molecule has 0 aliphatic rings. The van der Waals surface area contributed by atoms with Crippen LogP contribution in [0.25, 0.3) is 20.4 Å². The lowest BCUT2D eigenvalue weighted by Gasteiger charge is -2.05. The molecular formula is C17H21N3OS. The lowest BCUT2D eigenvalue weighted by atomic mass is 10.1. The molecule has 0 aliphatic carbocycles. The molecule has 0 aromatic carbocycles. The van der Waals surface area contributed by atoms with Crippen LogP contribution in [0.2, 0.25) is 0 Å². The van der Waals surface area contributed by atoms with Gasteiger partial charge in [0.25, 0.3) is 5.56 Å². The first-order chi connectivity index (χ1) is 10.8. The molecule has 4 nitrogen and oxygen atoms in total. The van der Waals surface area contributed by atoms with E-state index in [2.05, 4.69) is 23.8 Å². The lowest BCUT2D eigenvalue weighted by Crippen LogP contribution is -2.19. The summed E-state index contributed by atoms with van der Waals surface area (Å²) in [5, 5.41) is 1.06. The highest BCUT2D eigenvalue weighted by molar-refractivity contribution is 7.25. The van der Waals surface area contributed by atoms with Gasteiger partial charge in [-0.05, 0) is 24.5 Å². The molecular weight excluding hydrogens is 294 g/mol. The summed E-state index contributed by atoms with van der Waals surface area (Å²) in [6, 6.07) is 2.02. The molecule has 0 N–H and O–H groups in total. The van der Waals surface area contributed by atoms with E-state index < -0.39 is 0 Å². The average Bonchev–Trinajstić information content (AvgIpc) is 2.93. The highest BCUT2D eigenvalue weighted by Crippen LogP contribution is 2.31. The number of nitrogens with zero attached hydrogens (tertiary/aromatic N) is 3. The van der Waals surface area contributed by atoms with Crippen LogP contribution in [0.5, 0.6) is 0 Å². The molecule has 0 spiro atoms. The van der Waals surface area contributed by atoms with E-state index in [1.165, 1.54) is 29.7 Å². The predicted molar refractivity (Wildman–Crippen MR) is 92.7 cm³/mol. The van der Waals surface area contributed by atoms with Crippen molar-refractivity contribution in [2.45, 2.75) is 52.5 Å². The number of rotatable bonds is 6. The predicted octanol–water partition coefficient (Wildman–Crippen LogP) is 4.15. The van der Waals surface area contributed by atoms with Gasteiger partial charge in [0.15, 0.2) is 0 Å². The molecule has 0 radical (unpaired) electrons. The van der Waals surface area contributed by atoms with E-state index in [4.69, 9.17) is 0 Å². The Kier molecular flexibility index (Phi) is 4.52. The van der Waals surface area contributed by atoms with E-state index in [0.717, 1.165) is 46.2 Å². The van der Waals surface area contributed by atoms with Crippen molar-refractivity contribution in [2.24, 2.45) is 0 Å². The van der Waals surface area contributed by atoms with Crippen molar-refractivity contribution in [3.8, 4) is 0 Å². The first-order valence-corrected chi connectivity index (χ1v) is 8.83. The monoisotopic (exact) mass is 315 g/mol. The Labute approximate surface area is 133 Å². The maximum Gasteiger partial charge on any atom is 0.271 e. The Balaban J connectivity index is 2.04. The fraction of sp³-hybridized carbons (Fsp3) is 0.471. The van der Waals surface area contributed by atoms with E-state index in [1.54, 1.807) is 10.9 Å². The van der Waals surface area contributed by atoms with Gasteiger partial charge in [-0.2, -0.15) is 0 Å². The van der Waals surface area contributed by atoms with Gasteiger partial charge in [0, 0.05) is 18.1 Å². The van der Waals surface area contributed by atoms with Gasteiger partial charge >= 0.3 is 0 Å². The maximum atomic E-state index is 12.7. The zero-order valence-electron chi connectivity index (χ0n) is 13.1. The van der Waals surface area contributed by atoms with Crippen LogP contribution in [-0.2, 0) is 13.0 Å². The molecule has 0 bridgehead atoms. The highest BCUT2D eigenvalue weighted by atomic mass is 32.1. The van der Waals surface area contributed by atoms with Crippen molar-refractivity contribution < 1.29 is 0 Å². The maximum absolute atomic E-state index is 12.7. The van der Waals surface area contributed by atoms with E-state index in [9.17, 15) is 4.79 Å². The smallest absolute Gasteiger partial charge is 0.271 e. The Bertz CT molecular complexity index is 850. The second-order valence-electron chi connectivity index (χ2n) is 5.59. The van der Waals surface area contributed by atoms with Crippen molar-refractivity contribution in [3.05, 3.63) is 34.5 Å².